The Morgan fingerprint density at radius 2 is 0.905 bits per heavy atom. The molecule has 0 aromatic heterocycles. The average Bonchev–Trinajstić information content (AvgIpc) is 2.99. The Balaban J connectivity index is 3.52. The predicted octanol–water partition coefficient (Wildman–Crippen LogP) is 11.1. The van der Waals surface area contributed by atoms with E-state index in [1.54, 1.807) is 0 Å². The van der Waals surface area contributed by atoms with Gasteiger partial charge < -0.3 is 15.5 Å². The van der Waals surface area contributed by atoms with Gasteiger partial charge >= 0.3 is 0 Å². The summed E-state index contributed by atoms with van der Waals surface area (Å²) in [5.74, 6) is -0.0342. The van der Waals surface area contributed by atoms with E-state index in [9.17, 15) is 15.0 Å². The number of unbranched alkanes of at least 4 members (excludes halogenated alkanes) is 25. The quantitative estimate of drug-likeness (QED) is 0.0513. The summed E-state index contributed by atoms with van der Waals surface area (Å²) < 4.78 is 0. The summed E-state index contributed by atoms with van der Waals surface area (Å²) >= 11 is 0. The van der Waals surface area contributed by atoms with Crippen molar-refractivity contribution in [3.8, 4) is 0 Å². The molecule has 4 heteroatoms. The van der Waals surface area contributed by atoms with Crippen LogP contribution in [0.2, 0.25) is 0 Å². The van der Waals surface area contributed by atoms with Crippen LogP contribution in [0.15, 0.2) is 12.2 Å². The highest BCUT2D eigenvalue weighted by molar-refractivity contribution is 5.76. The van der Waals surface area contributed by atoms with Crippen molar-refractivity contribution >= 4 is 5.91 Å². The summed E-state index contributed by atoms with van der Waals surface area (Å²) in [6.45, 7) is 4.34. The number of aliphatic hydroxyl groups is 2. The number of aliphatic hydroxyl groups excluding tert-OH is 2. The molecule has 0 bridgehead atoms. The summed E-state index contributed by atoms with van der Waals surface area (Å²) in [6.07, 6.45) is 41.2. The number of hydrogen-bond donors (Lipinski definition) is 3. The summed E-state index contributed by atoms with van der Waals surface area (Å²) in [5.41, 5.74) is 0. The second kappa shape index (κ2) is 34.6. The summed E-state index contributed by atoms with van der Waals surface area (Å²) in [4.78, 5) is 12.3. The smallest absolute Gasteiger partial charge is 0.220 e. The molecule has 3 N–H and O–H groups in total. The zero-order chi connectivity index (χ0) is 30.8. The molecule has 0 aliphatic carbocycles. The molecule has 4 nitrogen and oxygen atoms in total. The normalized spacial score (nSPS) is 13.1. The first-order chi connectivity index (χ1) is 20.7. The fraction of sp³-hybridized carbons (Fsp3) is 0.921. The fourth-order valence-electron chi connectivity index (χ4n) is 5.82. The third kappa shape index (κ3) is 30.6. The topological polar surface area (TPSA) is 69.6 Å². The first-order valence-corrected chi connectivity index (χ1v) is 18.9. The number of nitrogens with one attached hydrogen (secondary N) is 1. The lowest BCUT2D eigenvalue weighted by atomic mass is 10.0. The van der Waals surface area contributed by atoms with Crippen LogP contribution in [-0.2, 0) is 4.79 Å². The molecule has 42 heavy (non-hydrogen) atoms. The molecule has 1 amide bonds. The molecule has 0 aliphatic heterocycles. The lowest BCUT2D eigenvalue weighted by Crippen LogP contribution is -2.45. The van der Waals surface area contributed by atoms with E-state index in [4.69, 9.17) is 0 Å². The summed E-state index contributed by atoms with van der Waals surface area (Å²) in [5, 5.41) is 23.0. The lowest BCUT2D eigenvalue weighted by molar-refractivity contribution is -0.123. The highest BCUT2D eigenvalue weighted by atomic mass is 16.3. The minimum absolute atomic E-state index is 0.0342. The molecular weight excluding hydrogens is 518 g/mol. The minimum Gasteiger partial charge on any atom is -0.394 e. The lowest BCUT2D eigenvalue weighted by Gasteiger charge is -2.22. The van der Waals surface area contributed by atoms with Gasteiger partial charge in [-0.05, 0) is 38.5 Å². The van der Waals surface area contributed by atoms with Gasteiger partial charge in [0.2, 0.25) is 5.91 Å². The zero-order valence-electron chi connectivity index (χ0n) is 28.5. The van der Waals surface area contributed by atoms with Crippen molar-refractivity contribution in [2.24, 2.45) is 0 Å². The zero-order valence-corrected chi connectivity index (χ0v) is 28.5. The van der Waals surface area contributed by atoms with E-state index in [2.05, 4.69) is 31.3 Å². The van der Waals surface area contributed by atoms with Crippen molar-refractivity contribution < 1.29 is 15.0 Å². The van der Waals surface area contributed by atoms with E-state index < -0.39 is 12.1 Å². The molecule has 0 saturated carbocycles. The van der Waals surface area contributed by atoms with Crippen molar-refractivity contribution in [2.45, 2.75) is 219 Å². The SMILES string of the molecule is CCCCCCCC/C=C\CCCCCCCCCCCC(=O)NC(CO)C(O)CCCCCCCCCCCCC. The maximum atomic E-state index is 12.3. The largest absolute Gasteiger partial charge is 0.394 e. The Morgan fingerprint density at radius 1 is 0.548 bits per heavy atom. The van der Waals surface area contributed by atoms with Crippen LogP contribution in [0.4, 0.5) is 0 Å². The molecule has 0 saturated heterocycles. The van der Waals surface area contributed by atoms with E-state index in [-0.39, 0.29) is 12.5 Å². The molecule has 0 heterocycles. The second-order valence-electron chi connectivity index (χ2n) is 13.0. The van der Waals surface area contributed by atoms with E-state index >= 15 is 0 Å². The molecule has 2 atom stereocenters. The average molecular weight is 594 g/mol. The summed E-state index contributed by atoms with van der Waals surface area (Å²) in [7, 11) is 0. The molecule has 0 rings (SSSR count). The highest BCUT2D eigenvalue weighted by Gasteiger charge is 2.19. The number of allylic oxidation sites excluding steroid dienone is 2. The molecule has 0 fully saturated rings. The Morgan fingerprint density at radius 3 is 1.31 bits per heavy atom. The van der Waals surface area contributed by atoms with Gasteiger partial charge in [-0.2, -0.15) is 0 Å². The number of rotatable bonds is 34. The van der Waals surface area contributed by atoms with Crippen LogP contribution in [0.3, 0.4) is 0 Å². The third-order valence-corrected chi connectivity index (χ3v) is 8.78. The van der Waals surface area contributed by atoms with E-state index in [0.29, 0.717) is 12.8 Å². The number of amides is 1. The first-order valence-electron chi connectivity index (χ1n) is 18.9. The monoisotopic (exact) mass is 594 g/mol. The van der Waals surface area contributed by atoms with Crippen molar-refractivity contribution in [3.63, 3.8) is 0 Å². The summed E-state index contributed by atoms with van der Waals surface area (Å²) in [6, 6.07) is -0.531. The predicted molar refractivity (Wildman–Crippen MR) is 184 cm³/mol. The van der Waals surface area contributed by atoms with Crippen molar-refractivity contribution in [2.75, 3.05) is 6.61 Å². The number of carbonyl (C=O) groups is 1. The first kappa shape index (κ1) is 41.1. The van der Waals surface area contributed by atoms with Gasteiger partial charge in [0, 0.05) is 6.42 Å². The molecule has 0 radical (unpaired) electrons. The molecule has 0 spiro atoms. The van der Waals surface area contributed by atoms with E-state index in [1.807, 2.05) is 0 Å². The van der Waals surface area contributed by atoms with Crippen LogP contribution in [0.25, 0.3) is 0 Å². The van der Waals surface area contributed by atoms with E-state index in [1.165, 1.54) is 154 Å². The maximum absolute atomic E-state index is 12.3. The van der Waals surface area contributed by atoms with Gasteiger partial charge in [0.25, 0.3) is 0 Å². The molecule has 0 aromatic rings. The van der Waals surface area contributed by atoms with Gasteiger partial charge in [0.1, 0.15) is 0 Å². The third-order valence-electron chi connectivity index (χ3n) is 8.78. The Hall–Kier alpha value is -0.870. The maximum Gasteiger partial charge on any atom is 0.220 e. The Kier molecular flexibility index (Phi) is 33.9. The van der Waals surface area contributed by atoms with Crippen molar-refractivity contribution in [3.05, 3.63) is 12.2 Å². The highest BCUT2D eigenvalue weighted by Crippen LogP contribution is 2.15. The molecule has 0 aromatic carbocycles. The van der Waals surface area contributed by atoms with Crippen LogP contribution in [-0.4, -0.2) is 34.9 Å². The standard InChI is InChI=1S/C38H75NO3/c1-3-5-7-9-11-13-15-16-17-18-19-20-21-22-24-26-28-30-32-34-38(42)39-36(35-40)37(41)33-31-29-27-25-23-14-12-10-8-6-4-2/h16-17,36-37,40-41H,3-15,18-35H2,1-2H3,(H,39,42)/b17-16-. The van der Waals surface area contributed by atoms with Gasteiger partial charge in [0.15, 0.2) is 0 Å². The minimum atomic E-state index is -0.654. The van der Waals surface area contributed by atoms with E-state index in [0.717, 1.165) is 25.7 Å². The van der Waals surface area contributed by atoms with Crippen molar-refractivity contribution in [1.29, 1.82) is 0 Å². The van der Waals surface area contributed by atoms with Gasteiger partial charge in [-0.3, -0.25) is 4.79 Å². The molecule has 250 valence electrons. The fourth-order valence-corrected chi connectivity index (χ4v) is 5.82. The van der Waals surface area contributed by atoms with Gasteiger partial charge in [-0.15, -0.1) is 0 Å². The second-order valence-corrected chi connectivity index (χ2v) is 13.0. The van der Waals surface area contributed by atoms with Crippen LogP contribution >= 0.6 is 0 Å². The van der Waals surface area contributed by atoms with Crippen LogP contribution in [0.5, 0.6) is 0 Å². The number of carbonyl (C=O) groups excluding carboxylic acids is 1. The van der Waals surface area contributed by atoms with Crippen molar-refractivity contribution in [1.82, 2.24) is 5.32 Å². The number of hydrogen-bond acceptors (Lipinski definition) is 3. The Bertz CT molecular complexity index is 565. The van der Waals surface area contributed by atoms with Gasteiger partial charge in [-0.1, -0.05) is 174 Å². The molecular formula is C38H75NO3. The van der Waals surface area contributed by atoms with Gasteiger partial charge in [-0.25, -0.2) is 0 Å². The van der Waals surface area contributed by atoms with Gasteiger partial charge in [0.05, 0.1) is 18.8 Å². The Labute approximate surface area is 263 Å². The van der Waals surface area contributed by atoms with Crippen LogP contribution in [0.1, 0.15) is 206 Å². The van der Waals surface area contributed by atoms with Crippen LogP contribution < -0.4 is 5.32 Å². The molecule has 0 aliphatic rings. The van der Waals surface area contributed by atoms with Crippen LogP contribution in [0, 0.1) is 0 Å². The molecule has 2 unspecified atom stereocenters.